The van der Waals surface area contributed by atoms with Crippen LogP contribution in [0.15, 0.2) is 0 Å². The Kier molecular flexibility index (Phi) is 5.12. The Morgan fingerprint density at radius 3 is 1.68 bits per heavy atom. The number of phosphoric ester groups is 1. The molecule has 0 bridgehead atoms. The van der Waals surface area contributed by atoms with Crippen LogP contribution in [0.25, 0.3) is 0 Å². The van der Waals surface area contributed by atoms with Crippen LogP contribution in [0.2, 0.25) is 20.1 Å². The van der Waals surface area contributed by atoms with Crippen LogP contribution in [0, 0.1) is 0 Å². The van der Waals surface area contributed by atoms with Gasteiger partial charge < -0.3 is 9.79 Å². The molecule has 0 fully saturated rings. The Morgan fingerprint density at radius 1 is 0.909 bits per heavy atom. The summed E-state index contributed by atoms with van der Waals surface area (Å²) in [5, 5.41) is -0.770. The van der Waals surface area contributed by atoms with Crippen molar-refractivity contribution < 1.29 is 28.5 Å². The fourth-order valence-electron chi connectivity index (χ4n) is 1.85. The number of hydrogen-bond acceptors (Lipinski definition) is 4. The first-order chi connectivity index (χ1) is 10.1. The predicted molar refractivity (Wildman–Crippen MR) is 79.8 cm³/mol. The minimum Gasteiger partial charge on any atom is -0.303 e. The first-order valence-electron chi connectivity index (χ1n) is 5.48. The predicted octanol–water partition coefficient (Wildman–Crippen LogP) is 3.01. The van der Waals surface area contributed by atoms with Crippen LogP contribution < -0.4 is 0 Å². The van der Waals surface area contributed by atoms with Gasteiger partial charge in [-0.2, -0.15) is 0 Å². The maximum absolute atomic E-state index is 12.2. The number of carbonyl (C=O) groups is 2. The van der Waals surface area contributed by atoms with Crippen molar-refractivity contribution in [3.05, 3.63) is 31.2 Å². The van der Waals surface area contributed by atoms with E-state index in [9.17, 15) is 14.2 Å². The van der Waals surface area contributed by atoms with Crippen molar-refractivity contribution in [2.75, 3.05) is 13.2 Å². The van der Waals surface area contributed by atoms with Crippen LogP contribution in [0.3, 0.4) is 0 Å². The molecule has 0 aromatic heterocycles. The van der Waals surface area contributed by atoms with Gasteiger partial charge in [0.2, 0.25) is 0 Å². The molecule has 2 N–H and O–H groups in total. The van der Waals surface area contributed by atoms with Gasteiger partial charge in [-0.3, -0.25) is 19.0 Å². The molecule has 0 spiro atoms. The number of phosphoric acid groups is 1. The summed E-state index contributed by atoms with van der Waals surface area (Å²) in [4.78, 5) is 42.3. The van der Waals surface area contributed by atoms with E-state index in [0.29, 0.717) is 4.90 Å². The second kappa shape index (κ2) is 6.26. The third-order valence-electron chi connectivity index (χ3n) is 2.76. The molecule has 1 aliphatic rings. The lowest BCUT2D eigenvalue weighted by Gasteiger charge is -2.13. The molecular formula is C10H6Cl4NO6P. The number of rotatable bonds is 4. The van der Waals surface area contributed by atoms with Crippen molar-refractivity contribution in [2.24, 2.45) is 0 Å². The molecule has 22 heavy (non-hydrogen) atoms. The maximum atomic E-state index is 12.2. The van der Waals surface area contributed by atoms with Gasteiger partial charge in [0.05, 0.1) is 44.4 Å². The molecule has 7 nitrogen and oxygen atoms in total. The molecule has 0 saturated carbocycles. The normalized spacial score (nSPS) is 14.7. The quantitative estimate of drug-likeness (QED) is 0.343. The summed E-state index contributed by atoms with van der Waals surface area (Å²) in [6, 6.07) is 0. The van der Waals surface area contributed by atoms with E-state index in [1.165, 1.54) is 0 Å². The average Bonchev–Trinajstić information content (AvgIpc) is 2.66. The van der Waals surface area contributed by atoms with Crippen molar-refractivity contribution in [3.63, 3.8) is 0 Å². The summed E-state index contributed by atoms with van der Waals surface area (Å²) < 4.78 is 14.8. The molecule has 1 heterocycles. The minimum atomic E-state index is -4.71. The van der Waals surface area contributed by atoms with Gasteiger partial charge in [0.25, 0.3) is 11.8 Å². The number of benzene rings is 1. The molecule has 2 amide bonds. The van der Waals surface area contributed by atoms with Gasteiger partial charge >= 0.3 is 7.82 Å². The van der Waals surface area contributed by atoms with Crippen LogP contribution in [-0.4, -0.2) is 39.7 Å². The summed E-state index contributed by atoms with van der Waals surface area (Å²) in [6.07, 6.45) is 0. The van der Waals surface area contributed by atoms with Crippen molar-refractivity contribution in [1.82, 2.24) is 4.90 Å². The fraction of sp³-hybridized carbons (Fsp3) is 0.200. The Morgan fingerprint density at radius 2 is 1.32 bits per heavy atom. The van der Waals surface area contributed by atoms with Gasteiger partial charge in [-0.1, -0.05) is 46.4 Å². The monoisotopic (exact) mass is 407 g/mol. The standard InChI is InChI=1S/C10H6Cl4NO6P/c11-5-3-4(6(12)8(14)7(5)13)10(17)15(9(3)16)1-2-21-22(18,19)20/h1-2H2,(H2,18,19,20). The van der Waals surface area contributed by atoms with E-state index in [4.69, 9.17) is 56.2 Å². The van der Waals surface area contributed by atoms with Crippen molar-refractivity contribution in [2.45, 2.75) is 0 Å². The minimum absolute atomic E-state index is 0.165. The third kappa shape index (κ3) is 3.13. The first kappa shape index (κ1) is 18.0. The van der Waals surface area contributed by atoms with E-state index in [1.807, 2.05) is 0 Å². The zero-order valence-corrected chi connectivity index (χ0v) is 14.3. The van der Waals surface area contributed by atoms with Crippen LogP contribution in [-0.2, 0) is 9.09 Å². The number of carbonyl (C=O) groups excluding carboxylic acids is 2. The van der Waals surface area contributed by atoms with Gasteiger partial charge in [0.15, 0.2) is 0 Å². The molecule has 0 unspecified atom stereocenters. The van der Waals surface area contributed by atoms with E-state index in [0.717, 1.165) is 0 Å². The van der Waals surface area contributed by atoms with Crippen molar-refractivity contribution in [1.29, 1.82) is 0 Å². The van der Waals surface area contributed by atoms with Gasteiger partial charge in [0, 0.05) is 0 Å². The van der Waals surface area contributed by atoms with E-state index < -0.39 is 32.8 Å². The number of imide groups is 1. The Balaban J connectivity index is 2.36. The number of amides is 2. The van der Waals surface area contributed by atoms with Crippen molar-refractivity contribution in [3.8, 4) is 0 Å². The zero-order chi connectivity index (χ0) is 16.8. The van der Waals surface area contributed by atoms with E-state index in [2.05, 4.69) is 4.52 Å². The van der Waals surface area contributed by atoms with Crippen LogP contribution >= 0.6 is 54.2 Å². The summed E-state index contributed by atoms with van der Waals surface area (Å²) >= 11 is 23.5. The van der Waals surface area contributed by atoms with Crippen molar-refractivity contribution >= 4 is 66.0 Å². The average molecular weight is 409 g/mol. The van der Waals surface area contributed by atoms with Gasteiger partial charge in [-0.15, -0.1) is 0 Å². The van der Waals surface area contributed by atoms with Crippen LogP contribution in [0.1, 0.15) is 20.7 Å². The lowest BCUT2D eigenvalue weighted by atomic mass is 10.1. The third-order valence-corrected chi connectivity index (χ3v) is 5.08. The van der Waals surface area contributed by atoms with E-state index in [1.54, 1.807) is 0 Å². The number of fused-ring (bicyclic) bond motifs is 1. The topological polar surface area (TPSA) is 104 Å². The second-order valence-electron chi connectivity index (χ2n) is 4.09. The van der Waals surface area contributed by atoms with Crippen LogP contribution in [0.5, 0.6) is 0 Å². The first-order valence-corrected chi connectivity index (χ1v) is 8.52. The Bertz CT molecular complexity index is 686. The Hall–Kier alpha value is -0.370. The largest absolute Gasteiger partial charge is 0.469 e. The molecule has 120 valence electrons. The number of hydrogen-bond donors (Lipinski definition) is 2. The molecule has 0 saturated heterocycles. The fourth-order valence-corrected chi connectivity index (χ4v) is 3.18. The summed E-state index contributed by atoms with van der Waals surface area (Å²) in [5.41, 5.74) is -0.413. The molecule has 0 atom stereocenters. The molecule has 1 aromatic rings. The number of nitrogens with zero attached hydrogens (tertiary/aromatic N) is 1. The molecular weight excluding hydrogens is 403 g/mol. The summed E-state index contributed by atoms with van der Waals surface area (Å²) in [7, 11) is -4.71. The SMILES string of the molecule is O=C1c2c(Cl)c(Cl)c(Cl)c(Cl)c2C(=O)N1CCOP(=O)(O)O. The lowest BCUT2D eigenvalue weighted by Crippen LogP contribution is -2.32. The van der Waals surface area contributed by atoms with E-state index >= 15 is 0 Å². The second-order valence-corrected chi connectivity index (χ2v) is 6.84. The highest BCUT2D eigenvalue weighted by Gasteiger charge is 2.41. The molecule has 0 aliphatic carbocycles. The molecule has 2 rings (SSSR count). The highest BCUT2D eigenvalue weighted by atomic mass is 35.5. The molecule has 1 aliphatic heterocycles. The summed E-state index contributed by atoms with van der Waals surface area (Å²) in [5.74, 6) is -1.61. The highest BCUT2D eigenvalue weighted by molar-refractivity contribution is 7.46. The molecule has 12 heteroatoms. The highest BCUT2D eigenvalue weighted by Crippen LogP contribution is 2.44. The van der Waals surface area contributed by atoms with E-state index in [-0.39, 0.29) is 31.2 Å². The summed E-state index contributed by atoms with van der Waals surface area (Å²) in [6.45, 7) is -0.966. The Labute approximate surface area is 143 Å². The molecule has 1 aromatic carbocycles. The zero-order valence-electron chi connectivity index (χ0n) is 10.3. The van der Waals surface area contributed by atoms with Crippen LogP contribution in [0.4, 0.5) is 0 Å². The van der Waals surface area contributed by atoms with Gasteiger partial charge in [0.1, 0.15) is 0 Å². The van der Waals surface area contributed by atoms with Gasteiger partial charge in [-0.25, -0.2) is 4.57 Å². The number of halogens is 4. The van der Waals surface area contributed by atoms with Gasteiger partial charge in [-0.05, 0) is 0 Å². The maximum Gasteiger partial charge on any atom is 0.469 e. The lowest BCUT2D eigenvalue weighted by molar-refractivity contribution is 0.0617. The molecule has 0 radical (unpaired) electrons. The smallest absolute Gasteiger partial charge is 0.303 e.